The summed E-state index contributed by atoms with van der Waals surface area (Å²) in [6, 6.07) is 4.50. The molecule has 9 heteroatoms. The molecule has 2 aliphatic rings. The van der Waals surface area contributed by atoms with Gasteiger partial charge in [0.05, 0.1) is 18.7 Å². The number of hydrogen-bond acceptors (Lipinski definition) is 6. The largest absolute Gasteiger partial charge is 0.383 e. The summed E-state index contributed by atoms with van der Waals surface area (Å²) in [7, 11) is -0.649. The van der Waals surface area contributed by atoms with Crippen LogP contribution >= 0.6 is 0 Å². The van der Waals surface area contributed by atoms with Crippen LogP contribution in [0, 0.1) is 0 Å². The number of benzene rings is 1. The summed E-state index contributed by atoms with van der Waals surface area (Å²) in [6.45, 7) is 1.29. The van der Waals surface area contributed by atoms with E-state index < -0.39 is 15.9 Å². The summed E-state index contributed by atoms with van der Waals surface area (Å²) in [5.74, 6) is -0.796. The summed E-state index contributed by atoms with van der Waals surface area (Å²) in [6.07, 6.45) is 1.89. The SMILES string of the molecule is CNC1CCCN(C(=O)c2ccc3c(c2)S(=O)(=O)N(CCOC)C3=O)C1. The van der Waals surface area contributed by atoms with Crippen molar-refractivity contribution in [2.75, 3.05) is 40.4 Å². The molecule has 26 heavy (non-hydrogen) atoms. The number of nitrogens with zero attached hydrogens (tertiary/aromatic N) is 2. The number of piperidine rings is 1. The molecule has 1 saturated heterocycles. The van der Waals surface area contributed by atoms with Crippen molar-refractivity contribution >= 4 is 21.8 Å². The van der Waals surface area contributed by atoms with Gasteiger partial charge in [0, 0.05) is 31.8 Å². The minimum Gasteiger partial charge on any atom is -0.383 e. The van der Waals surface area contributed by atoms with Crippen molar-refractivity contribution in [2.45, 2.75) is 23.8 Å². The quantitative estimate of drug-likeness (QED) is 0.788. The molecule has 2 aliphatic heterocycles. The zero-order chi connectivity index (χ0) is 18.9. The van der Waals surface area contributed by atoms with Gasteiger partial charge in [0.15, 0.2) is 0 Å². The second-order valence-corrected chi connectivity index (χ2v) is 8.30. The van der Waals surface area contributed by atoms with Crippen LogP contribution in [0.4, 0.5) is 0 Å². The van der Waals surface area contributed by atoms with E-state index in [0.717, 1.165) is 17.1 Å². The highest BCUT2D eigenvalue weighted by Gasteiger charge is 2.41. The number of likely N-dealkylation sites (N-methyl/N-ethyl adjacent to an activating group) is 1. The molecule has 0 bridgehead atoms. The lowest BCUT2D eigenvalue weighted by molar-refractivity contribution is 0.0697. The predicted octanol–water partition coefficient (Wildman–Crippen LogP) is 0.302. The fourth-order valence-electron chi connectivity index (χ4n) is 3.38. The molecule has 1 atom stereocenters. The number of carbonyl (C=O) groups is 2. The second-order valence-electron chi connectivity index (χ2n) is 6.47. The second kappa shape index (κ2) is 7.34. The molecule has 2 heterocycles. The first-order valence-electron chi connectivity index (χ1n) is 8.56. The van der Waals surface area contributed by atoms with E-state index in [9.17, 15) is 18.0 Å². The smallest absolute Gasteiger partial charge is 0.269 e. The van der Waals surface area contributed by atoms with Gasteiger partial charge in [-0.25, -0.2) is 12.7 Å². The Balaban J connectivity index is 1.88. The summed E-state index contributed by atoms with van der Waals surface area (Å²) in [4.78, 5) is 26.8. The molecule has 1 fully saturated rings. The van der Waals surface area contributed by atoms with E-state index in [1.165, 1.54) is 25.3 Å². The maximum Gasteiger partial charge on any atom is 0.269 e. The molecular formula is C17H23N3O5S. The van der Waals surface area contributed by atoms with E-state index in [1.54, 1.807) is 4.90 Å². The highest BCUT2D eigenvalue weighted by Crippen LogP contribution is 2.31. The highest BCUT2D eigenvalue weighted by atomic mass is 32.2. The van der Waals surface area contributed by atoms with Crippen molar-refractivity contribution in [3.05, 3.63) is 29.3 Å². The molecule has 0 spiro atoms. The number of ether oxygens (including phenoxy) is 1. The van der Waals surface area contributed by atoms with E-state index in [0.29, 0.717) is 13.1 Å². The van der Waals surface area contributed by atoms with Crippen LogP contribution in [0.5, 0.6) is 0 Å². The van der Waals surface area contributed by atoms with Crippen molar-refractivity contribution < 1.29 is 22.7 Å². The standard InChI is InChI=1S/C17H23N3O5S/c1-18-13-4-3-7-19(11-13)16(21)12-5-6-14-15(10-12)26(23,24)20(17(14)22)8-9-25-2/h5-6,10,13,18H,3-4,7-9,11H2,1-2H3. The van der Waals surface area contributed by atoms with Gasteiger partial charge in [-0.15, -0.1) is 0 Å². The van der Waals surface area contributed by atoms with Crippen molar-refractivity contribution in [3.8, 4) is 0 Å². The van der Waals surface area contributed by atoms with Crippen LogP contribution in [0.15, 0.2) is 23.1 Å². The number of hydrogen-bond donors (Lipinski definition) is 1. The van der Waals surface area contributed by atoms with Gasteiger partial charge in [0.25, 0.3) is 21.8 Å². The number of nitrogens with one attached hydrogen (secondary N) is 1. The molecule has 1 N–H and O–H groups in total. The Morgan fingerprint density at radius 2 is 2.15 bits per heavy atom. The van der Waals surface area contributed by atoms with Crippen molar-refractivity contribution in [1.82, 2.24) is 14.5 Å². The molecule has 2 amide bonds. The third-order valence-electron chi connectivity index (χ3n) is 4.87. The third kappa shape index (κ3) is 3.22. The fraction of sp³-hybridized carbons (Fsp3) is 0.529. The summed E-state index contributed by atoms with van der Waals surface area (Å²) in [5, 5.41) is 3.17. The summed E-state index contributed by atoms with van der Waals surface area (Å²) in [5.41, 5.74) is 0.384. The normalized spacial score (nSPS) is 21.8. The lowest BCUT2D eigenvalue weighted by atomic mass is 10.0. The minimum absolute atomic E-state index is 0.0500. The molecule has 0 aliphatic carbocycles. The van der Waals surface area contributed by atoms with Crippen molar-refractivity contribution in [2.24, 2.45) is 0 Å². The zero-order valence-electron chi connectivity index (χ0n) is 14.9. The highest BCUT2D eigenvalue weighted by molar-refractivity contribution is 7.90. The number of methoxy groups -OCH3 is 1. The number of sulfonamides is 1. The predicted molar refractivity (Wildman–Crippen MR) is 94.5 cm³/mol. The molecule has 0 saturated carbocycles. The van der Waals surface area contributed by atoms with Crippen LogP contribution < -0.4 is 5.32 Å². The summed E-state index contributed by atoms with van der Waals surface area (Å²) >= 11 is 0. The lowest BCUT2D eigenvalue weighted by Gasteiger charge is -2.32. The summed E-state index contributed by atoms with van der Waals surface area (Å²) < 4.78 is 31.0. The first kappa shape index (κ1) is 18.8. The van der Waals surface area contributed by atoms with Gasteiger partial charge in [-0.05, 0) is 38.1 Å². The Bertz CT molecular complexity index is 824. The Hall–Kier alpha value is -1.97. The van der Waals surface area contributed by atoms with Crippen LogP contribution in [0.25, 0.3) is 0 Å². The Morgan fingerprint density at radius 3 is 2.85 bits per heavy atom. The van der Waals surface area contributed by atoms with Crippen LogP contribution in [-0.2, 0) is 14.8 Å². The Kier molecular flexibility index (Phi) is 5.31. The number of carbonyl (C=O) groups excluding carboxylic acids is 2. The number of likely N-dealkylation sites (tertiary alicyclic amines) is 1. The third-order valence-corrected chi connectivity index (χ3v) is 6.69. The van der Waals surface area contributed by atoms with Gasteiger partial charge in [-0.1, -0.05) is 0 Å². The number of amides is 2. The van der Waals surface area contributed by atoms with E-state index in [4.69, 9.17) is 4.74 Å². The molecule has 1 aromatic carbocycles. The van der Waals surface area contributed by atoms with E-state index in [1.807, 2.05) is 7.05 Å². The molecule has 142 valence electrons. The Labute approximate surface area is 153 Å². The fourth-order valence-corrected chi connectivity index (χ4v) is 4.96. The number of fused-ring (bicyclic) bond motifs is 1. The molecule has 0 radical (unpaired) electrons. The van der Waals surface area contributed by atoms with Gasteiger partial charge in [0.2, 0.25) is 0 Å². The monoisotopic (exact) mass is 381 g/mol. The average Bonchev–Trinajstić information content (AvgIpc) is 2.85. The van der Waals surface area contributed by atoms with Crippen molar-refractivity contribution in [1.29, 1.82) is 0 Å². The van der Waals surface area contributed by atoms with Crippen LogP contribution in [0.2, 0.25) is 0 Å². The van der Waals surface area contributed by atoms with Crippen molar-refractivity contribution in [3.63, 3.8) is 0 Å². The van der Waals surface area contributed by atoms with E-state index >= 15 is 0 Å². The molecular weight excluding hydrogens is 358 g/mol. The molecule has 0 aromatic heterocycles. The Morgan fingerprint density at radius 1 is 1.38 bits per heavy atom. The molecule has 1 aromatic rings. The van der Waals surface area contributed by atoms with Gasteiger partial charge in [-0.2, -0.15) is 0 Å². The first-order valence-corrected chi connectivity index (χ1v) is 10.0. The maximum atomic E-state index is 12.8. The van der Waals surface area contributed by atoms with Crippen LogP contribution in [0.3, 0.4) is 0 Å². The average molecular weight is 381 g/mol. The van der Waals surface area contributed by atoms with Crippen LogP contribution in [0.1, 0.15) is 33.6 Å². The topological polar surface area (TPSA) is 96.0 Å². The number of rotatable bonds is 5. The van der Waals surface area contributed by atoms with E-state index in [-0.39, 0.29) is 41.1 Å². The van der Waals surface area contributed by atoms with Gasteiger partial charge in [-0.3, -0.25) is 9.59 Å². The molecule has 1 unspecified atom stereocenters. The maximum absolute atomic E-state index is 12.8. The minimum atomic E-state index is -3.95. The lowest BCUT2D eigenvalue weighted by Crippen LogP contribution is -2.47. The first-order chi connectivity index (χ1) is 12.4. The molecule has 3 rings (SSSR count). The van der Waals surface area contributed by atoms with E-state index in [2.05, 4.69) is 5.32 Å². The van der Waals surface area contributed by atoms with Gasteiger partial charge >= 0.3 is 0 Å². The zero-order valence-corrected chi connectivity index (χ0v) is 15.7. The van der Waals surface area contributed by atoms with Gasteiger partial charge < -0.3 is 15.0 Å². The van der Waals surface area contributed by atoms with Crippen LogP contribution in [-0.4, -0.2) is 75.9 Å². The van der Waals surface area contributed by atoms with Gasteiger partial charge in [0.1, 0.15) is 4.90 Å². The molecule has 8 nitrogen and oxygen atoms in total.